The molecule has 1 fully saturated rings. The first kappa shape index (κ1) is 24.6. The second-order valence-electron chi connectivity index (χ2n) is 8.81. The lowest BCUT2D eigenvalue weighted by molar-refractivity contribution is 0.142. The molecule has 0 unspecified atom stereocenters. The zero-order valence-corrected chi connectivity index (χ0v) is 20.9. The molecule has 3 heterocycles. The number of aromatic nitrogens is 2. The highest BCUT2D eigenvalue weighted by Crippen LogP contribution is 2.34. The van der Waals surface area contributed by atoms with Crippen LogP contribution in [0.2, 0.25) is 5.02 Å². The maximum atomic E-state index is 13.4. The van der Waals surface area contributed by atoms with E-state index in [4.69, 9.17) is 16.3 Å². The molecule has 1 aromatic carbocycles. The molecule has 9 heteroatoms. The Morgan fingerprint density at radius 1 is 1.03 bits per heavy atom. The topological polar surface area (TPSA) is 84.4 Å². The third-order valence-corrected chi connectivity index (χ3v) is 7.63. The second kappa shape index (κ2) is 10.4. The molecule has 0 aliphatic carbocycles. The van der Waals surface area contributed by atoms with E-state index in [1.807, 2.05) is 32.0 Å². The van der Waals surface area contributed by atoms with Crippen molar-refractivity contribution in [1.29, 1.82) is 0 Å². The van der Waals surface area contributed by atoms with Gasteiger partial charge in [0.25, 0.3) is 0 Å². The number of rotatable bonds is 8. The molecule has 180 valence electrons. The Bertz CT molecular complexity index is 1180. The maximum absolute atomic E-state index is 13.4. The van der Waals surface area contributed by atoms with Gasteiger partial charge in [0.05, 0.1) is 28.6 Å². The summed E-state index contributed by atoms with van der Waals surface area (Å²) in [6, 6.07) is 16.9. The molecule has 1 aliphatic heterocycles. The summed E-state index contributed by atoms with van der Waals surface area (Å²) in [5.41, 5.74) is 1.05. The third-order valence-electron chi connectivity index (χ3n) is 5.88. The Balaban J connectivity index is 1.56. The quantitative estimate of drug-likeness (QED) is 0.494. The fraction of sp³-hybridized carbons (Fsp3) is 0.360. The highest BCUT2D eigenvalue weighted by atomic mass is 35.5. The van der Waals surface area contributed by atoms with Crippen LogP contribution < -0.4 is 9.46 Å². The van der Waals surface area contributed by atoms with E-state index >= 15 is 0 Å². The number of halogens is 1. The predicted octanol–water partition coefficient (Wildman–Crippen LogP) is 4.39. The molecule has 0 saturated carbocycles. The zero-order valence-electron chi connectivity index (χ0n) is 19.3. The Hall–Kier alpha value is -2.52. The average Bonchev–Trinajstić information content (AvgIpc) is 2.81. The number of ether oxygens (including phenoxy) is 1. The lowest BCUT2D eigenvalue weighted by Crippen LogP contribution is -2.53. The van der Waals surface area contributed by atoms with Gasteiger partial charge < -0.3 is 4.74 Å². The number of sulfonamides is 1. The summed E-state index contributed by atoms with van der Waals surface area (Å²) in [6.45, 7) is 6.04. The summed E-state index contributed by atoms with van der Waals surface area (Å²) in [5.74, 6) is 0.386. The fourth-order valence-electron chi connectivity index (χ4n) is 4.16. The van der Waals surface area contributed by atoms with Crippen molar-refractivity contribution in [3.63, 3.8) is 0 Å². The van der Waals surface area contributed by atoms with Crippen LogP contribution in [-0.2, 0) is 22.1 Å². The Labute approximate surface area is 206 Å². The number of hydrogen-bond donors (Lipinski definition) is 1. The lowest BCUT2D eigenvalue weighted by Gasteiger charge is -2.41. The highest BCUT2D eigenvalue weighted by Gasteiger charge is 2.41. The van der Waals surface area contributed by atoms with Crippen LogP contribution in [0.3, 0.4) is 0 Å². The lowest BCUT2D eigenvalue weighted by atomic mass is 9.85. The minimum absolute atomic E-state index is 0.0478. The molecular weight excluding hydrogens is 472 g/mol. The molecule has 4 rings (SSSR count). The molecule has 0 bridgehead atoms. The van der Waals surface area contributed by atoms with Crippen molar-refractivity contribution in [1.82, 2.24) is 19.6 Å². The van der Waals surface area contributed by atoms with Crippen LogP contribution in [0.25, 0.3) is 0 Å². The van der Waals surface area contributed by atoms with Gasteiger partial charge >= 0.3 is 0 Å². The van der Waals surface area contributed by atoms with E-state index in [0.717, 1.165) is 19.6 Å². The van der Waals surface area contributed by atoms with Crippen molar-refractivity contribution < 1.29 is 13.2 Å². The molecule has 34 heavy (non-hydrogen) atoms. The maximum Gasteiger partial charge on any atom is 0.242 e. The normalized spacial score (nSPS) is 16.5. The van der Waals surface area contributed by atoms with E-state index in [-0.39, 0.29) is 11.0 Å². The van der Waals surface area contributed by atoms with Crippen LogP contribution in [0, 0.1) is 0 Å². The van der Waals surface area contributed by atoms with Gasteiger partial charge in [-0.05, 0) is 50.5 Å². The van der Waals surface area contributed by atoms with Crippen LogP contribution in [0.15, 0.2) is 71.9 Å². The molecule has 1 saturated heterocycles. The Kier molecular flexibility index (Phi) is 7.52. The predicted molar refractivity (Wildman–Crippen MR) is 132 cm³/mol. The van der Waals surface area contributed by atoms with E-state index in [0.29, 0.717) is 29.4 Å². The standard InChI is InChI=1S/C25H29ClN4O3S/c1-19(2)33-24-11-9-22(17-28-24)34(31,32)29-25(23-10-8-21(26)16-27-23)12-14-30(15-13-25)18-20-6-4-3-5-7-20/h3-11,16-17,19,29H,12-15,18H2,1-2H3. The molecule has 0 atom stereocenters. The van der Waals surface area contributed by atoms with Crippen LogP contribution in [0.1, 0.15) is 37.9 Å². The van der Waals surface area contributed by atoms with Crippen LogP contribution >= 0.6 is 11.6 Å². The molecule has 3 aromatic rings. The van der Waals surface area contributed by atoms with E-state index in [9.17, 15) is 8.42 Å². The van der Waals surface area contributed by atoms with Crippen molar-refractivity contribution >= 4 is 21.6 Å². The molecule has 0 radical (unpaired) electrons. The number of pyridine rings is 2. The SMILES string of the molecule is CC(C)Oc1ccc(S(=O)(=O)NC2(c3ccc(Cl)cn3)CCN(Cc3ccccc3)CC2)cn1. The average molecular weight is 501 g/mol. The van der Waals surface area contributed by atoms with E-state index in [1.54, 1.807) is 24.4 Å². The molecule has 1 N–H and O–H groups in total. The van der Waals surface area contributed by atoms with Gasteiger partial charge in [-0.2, -0.15) is 4.72 Å². The van der Waals surface area contributed by atoms with Gasteiger partial charge in [0.1, 0.15) is 4.90 Å². The van der Waals surface area contributed by atoms with Crippen molar-refractivity contribution in [2.45, 2.75) is 49.8 Å². The minimum Gasteiger partial charge on any atom is -0.475 e. The van der Waals surface area contributed by atoms with Crippen molar-refractivity contribution in [3.8, 4) is 5.88 Å². The number of piperidine rings is 1. The number of nitrogens with zero attached hydrogens (tertiary/aromatic N) is 3. The highest BCUT2D eigenvalue weighted by molar-refractivity contribution is 7.89. The Morgan fingerprint density at radius 2 is 1.76 bits per heavy atom. The first-order chi connectivity index (χ1) is 16.3. The number of hydrogen-bond acceptors (Lipinski definition) is 6. The second-order valence-corrected chi connectivity index (χ2v) is 10.9. The summed E-state index contributed by atoms with van der Waals surface area (Å²) in [6.07, 6.45) is 4.00. The van der Waals surface area contributed by atoms with Gasteiger partial charge in [-0.1, -0.05) is 41.9 Å². The third kappa shape index (κ3) is 5.93. The smallest absolute Gasteiger partial charge is 0.242 e. The zero-order chi connectivity index (χ0) is 24.2. The molecule has 1 aliphatic rings. The molecule has 2 aromatic heterocycles. The number of nitrogens with one attached hydrogen (secondary N) is 1. The van der Waals surface area contributed by atoms with Gasteiger partial charge in [0.2, 0.25) is 15.9 Å². The van der Waals surface area contributed by atoms with Gasteiger partial charge in [-0.25, -0.2) is 13.4 Å². The monoisotopic (exact) mass is 500 g/mol. The van der Waals surface area contributed by atoms with E-state index < -0.39 is 15.6 Å². The first-order valence-electron chi connectivity index (χ1n) is 11.3. The van der Waals surface area contributed by atoms with Crippen LogP contribution in [0.4, 0.5) is 0 Å². The van der Waals surface area contributed by atoms with Gasteiger partial charge in [0.15, 0.2) is 0 Å². The molecular formula is C25H29ClN4O3S. The largest absolute Gasteiger partial charge is 0.475 e. The van der Waals surface area contributed by atoms with Crippen molar-refractivity contribution in [3.05, 3.63) is 83.3 Å². The van der Waals surface area contributed by atoms with Crippen molar-refractivity contribution in [2.24, 2.45) is 0 Å². The Morgan fingerprint density at radius 3 is 2.35 bits per heavy atom. The van der Waals surface area contributed by atoms with Crippen LogP contribution in [-0.4, -0.2) is 42.5 Å². The molecule has 0 spiro atoms. The fourth-order valence-corrected chi connectivity index (χ4v) is 5.65. The number of likely N-dealkylation sites (tertiary alicyclic amines) is 1. The summed E-state index contributed by atoms with van der Waals surface area (Å²) in [5, 5.41) is 0.508. The van der Waals surface area contributed by atoms with Crippen LogP contribution in [0.5, 0.6) is 5.88 Å². The van der Waals surface area contributed by atoms with Gasteiger partial charge in [-0.15, -0.1) is 0 Å². The number of benzene rings is 1. The minimum atomic E-state index is -3.86. The summed E-state index contributed by atoms with van der Waals surface area (Å²) >= 11 is 6.06. The van der Waals surface area contributed by atoms with Crippen molar-refractivity contribution in [2.75, 3.05) is 13.1 Å². The molecule has 7 nitrogen and oxygen atoms in total. The summed E-state index contributed by atoms with van der Waals surface area (Å²) in [4.78, 5) is 11.1. The summed E-state index contributed by atoms with van der Waals surface area (Å²) in [7, 11) is -3.86. The van der Waals surface area contributed by atoms with Gasteiger partial charge in [-0.3, -0.25) is 9.88 Å². The summed E-state index contributed by atoms with van der Waals surface area (Å²) < 4.78 is 35.3. The van der Waals surface area contributed by atoms with Gasteiger partial charge in [0, 0.05) is 31.9 Å². The van der Waals surface area contributed by atoms with E-state index in [1.165, 1.54) is 17.8 Å². The molecule has 0 amide bonds. The first-order valence-corrected chi connectivity index (χ1v) is 13.2. The van der Waals surface area contributed by atoms with E-state index in [2.05, 4.69) is 31.7 Å².